The Morgan fingerprint density at radius 1 is 1.20 bits per heavy atom. The zero-order valence-electron chi connectivity index (χ0n) is 12.3. The molecular formula is C14H20BN3OSi. The molecule has 1 heterocycles. The summed E-state index contributed by atoms with van der Waals surface area (Å²) < 4.78 is 7.48. The molecule has 0 aliphatic heterocycles. The molecule has 0 saturated heterocycles. The van der Waals surface area contributed by atoms with Crippen molar-refractivity contribution in [3.05, 3.63) is 30.6 Å². The Hall–Kier alpha value is -1.40. The Labute approximate surface area is 122 Å². The molecule has 1 aromatic heterocycles. The number of rotatable bonds is 6. The summed E-state index contributed by atoms with van der Waals surface area (Å²) in [6.45, 7) is 8.23. The summed E-state index contributed by atoms with van der Waals surface area (Å²) >= 11 is 0. The van der Waals surface area contributed by atoms with Gasteiger partial charge in [0.2, 0.25) is 0 Å². The van der Waals surface area contributed by atoms with Gasteiger partial charge in [-0.3, -0.25) is 0 Å². The summed E-state index contributed by atoms with van der Waals surface area (Å²) in [6.07, 6.45) is 1.55. The van der Waals surface area contributed by atoms with Crippen LogP contribution in [0.1, 0.15) is 0 Å². The molecule has 20 heavy (non-hydrogen) atoms. The monoisotopic (exact) mass is 285 g/mol. The fraction of sp³-hybridized carbons (Fsp3) is 0.429. The van der Waals surface area contributed by atoms with E-state index in [1.165, 1.54) is 0 Å². The first-order chi connectivity index (χ1) is 9.46. The van der Waals surface area contributed by atoms with Crippen LogP contribution in [0.15, 0.2) is 30.6 Å². The van der Waals surface area contributed by atoms with E-state index in [0.29, 0.717) is 6.73 Å². The maximum atomic E-state index is 5.71. The average Bonchev–Trinajstić information content (AvgIpc) is 2.83. The third-order valence-corrected chi connectivity index (χ3v) is 4.70. The SMILES string of the molecule is [B]c1ccc(-c2ncnn2COCC[Si](C)(C)C)cc1. The van der Waals surface area contributed by atoms with E-state index in [9.17, 15) is 0 Å². The number of nitrogens with zero attached hydrogens (tertiary/aromatic N) is 3. The molecule has 0 unspecified atom stereocenters. The highest BCUT2D eigenvalue weighted by Gasteiger charge is 2.12. The van der Waals surface area contributed by atoms with E-state index in [2.05, 4.69) is 29.7 Å². The van der Waals surface area contributed by atoms with Crippen molar-refractivity contribution in [2.24, 2.45) is 0 Å². The predicted molar refractivity (Wildman–Crippen MR) is 85.0 cm³/mol. The van der Waals surface area contributed by atoms with E-state index < -0.39 is 8.07 Å². The molecule has 0 bridgehead atoms. The maximum absolute atomic E-state index is 5.71. The van der Waals surface area contributed by atoms with Crippen molar-refractivity contribution < 1.29 is 4.74 Å². The first-order valence-corrected chi connectivity index (χ1v) is 10.5. The van der Waals surface area contributed by atoms with Gasteiger partial charge in [0.05, 0.1) is 0 Å². The van der Waals surface area contributed by atoms with Crippen LogP contribution in [0.2, 0.25) is 25.7 Å². The molecule has 0 spiro atoms. The fourth-order valence-electron chi connectivity index (χ4n) is 1.74. The lowest BCUT2D eigenvalue weighted by molar-refractivity contribution is 0.0796. The van der Waals surface area contributed by atoms with Gasteiger partial charge >= 0.3 is 0 Å². The zero-order chi connectivity index (χ0) is 14.6. The van der Waals surface area contributed by atoms with Crippen LogP contribution in [0.5, 0.6) is 0 Å². The molecule has 4 nitrogen and oxygen atoms in total. The molecule has 0 N–H and O–H groups in total. The van der Waals surface area contributed by atoms with Crippen molar-refractivity contribution in [2.45, 2.75) is 32.4 Å². The van der Waals surface area contributed by atoms with Gasteiger partial charge in [-0.1, -0.05) is 49.4 Å². The van der Waals surface area contributed by atoms with Gasteiger partial charge in [-0.2, -0.15) is 5.10 Å². The minimum Gasteiger partial charge on any atom is -0.359 e. The van der Waals surface area contributed by atoms with Crippen LogP contribution < -0.4 is 5.46 Å². The topological polar surface area (TPSA) is 39.9 Å². The molecule has 6 heteroatoms. The van der Waals surface area contributed by atoms with Crippen molar-refractivity contribution >= 4 is 21.4 Å². The maximum Gasteiger partial charge on any atom is 0.160 e. The molecule has 2 rings (SSSR count). The third-order valence-electron chi connectivity index (χ3n) is 2.99. The van der Waals surface area contributed by atoms with Crippen LogP contribution >= 0.6 is 0 Å². The minimum atomic E-state index is -1.05. The van der Waals surface area contributed by atoms with Crippen LogP contribution in [-0.4, -0.2) is 37.3 Å². The van der Waals surface area contributed by atoms with Crippen molar-refractivity contribution in [2.75, 3.05) is 6.61 Å². The van der Waals surface area contributed by atoms with E-state index in [1.54, 1.807) is 11.0 Å². The van der Waals surface area contributed by atoms with E-state index in [-0.39, 0.29) is 0 Å². The second-order valence-corrected chi connectivity index (χ2v) is 11.7. The van der Waals surface area contributed by atoms with Gasteiger partial charge in [0.15, 0.2) is 5.82 Å². The Bertz CT molecular complexity index is 548. The first kappa shape index (κ1) is 15.0. The normalized spacial score (nSPS) is 11.8. The Kier molecular flexibility index (Phi) is 4.78. The van der Waals surface area contributed by atoms with Gasteiger partial charge in [0, 0.05) is 20.2 Å². The Balaban J connectivity index is 1.97. The van der Waals surface area contributed by atoms with Gasteiger partial charge < -0.3 is 4.74 Å². The average molecular weight is 285 g/mol. The quantitative estimate of drug-likeness (QED) is 0.602. The number of aromatic nitrogens is 3. The Morgan fingerprint density at radius 3 is 2.55 bits per heavy atom. The van der Waals surface area contributed by atoms with Crippen LogP contribution in [0, 0.1) is 0 Å². The molecular weight excluding hydrogens is 265 g/mol. The summed E-state index contributed by atoms with van der Waals surface area (Å²) in [5, 5.41) is 4.21. The van der Waals surface area contributed by atoms with Crippen molar-refractivity contribution in [3.63, 3.8) is 0 Å². The fourth-order valence-corrected chi connectivity index (χ4v) is 2.50. The van der Waals surface area contributed by atoms with Gasteiger partial charge in [0.1, 0.15) is 20.9 Å². The number of hydrogen-bond acceptors (Lipinski definition) is 3. The summed E-state index contributed by atoms with van der Waals surface area (Å²) in [6, 6.07) is 8.76. The summed E-state index contributed by atoms with van der Waals surface area (Å²) in [4.78, 5) is 4.28. The zero-order valence-corrected chi connectivity index (χ0v) is 13.3. The first-order valence-electron chi connectivity index (χ1n) is 6.77. The molecule has 1 aromatic carbocycles. The molecule has 0 fully saturated rings. The highest BCUT2D eigenvalue weighted by molar-refractivity contribution is 6.76. The summed E-state index contributed by atoms with van der Waals surface area (Å²) in [5.41, 5.74) is 1.73. The minimum absolute atomic E-state index is 0.435. The second-order valence-electron chi connectivity index (χ2n) is 6.05. The lowest BCUT2D eigenvalue weighted by Gasteiger charge is -2.15. The molecule has 0 aliphatic carbocycles. The predicted octanol–water partition coefficient (Wildman–Crippen LogP) is 2.05. The molecule has 0 aliphatic rings. The summed E-state index contributed by atoms with van der Waals surface area (Å²) in [5.74, 6) is 0.804. The highest BCUT2D eigenvalue weighted by atomic mass is 28.3. The molecule has 0 atom stereocenters. The molecule has 2 aromatic rings. The molecule has 2 radical (unpaired) electrons. The van der Waals surface area contributed by atoms with E-state index in [1.807, 2.05) is 24.3 Å². The van der Waals surface area contributed by atoms with Crippen LogP contribution in [0.4, 0.5) is 0 Å². The molecule has 104 valence electrons. The molecule has 0 saturated carbocycles. The smallest absolute Gasteiger partial charge is 0.160 e. The van der Waals surface area contributed by atoms with Gasteiger partial charge in [-0.15, -0.1) is 0 Å². The van der Waals surface area contributed by atoms with Crippen LogP contribution in [0.3, 0.4) is 0 Å². The standard InChI is InChI=1S/C14H20BN3OSi/c1-20(2,3)9-8-19-11-18-14(16-10-17-18)12-4-6-13(15)7-5-12/h4-7,10H,8-9,11H2,1-3H3. The van der Waals surface area contributed by atoms with Gasteiger partial charge in [-0.25, -0.2) is 9.67 Å². The number of benzene rings is 1. The van der Waals surface area contributed by atoms with E-state index in [4.69, 9.17) is 12.6 Å². The van der Waals surface area contributed by atoms with E-state index in [0.717, 1.165) is 29.5 Å². The second kappa shape index (κ2) is 6.37. The highest BCUT2D eigenvalue weighted by Crippen LogP contribution is 2.15. The number of ether oxygens (including phenoxy) is 1. The van der Waals surface area contributed by atoms with Crippen molar-refractivity contribution in [1.82, 2.24) is 14.8 Å². The largest absolute Gasteiger partial charge is 0.359 e. The lowest BCUT2D eigenvalue weighted by atomic mass is 9.95. The van der Waals surface area contributed by atoms with Crippen molar-refractivity contribution in [1.29, 1.82) is 0 Å². The van der Waals surface area contributed by atoms with E-state index >= 15 is 0 Å². The van der Waals surface area contributed by atoms with Crippen LogP contribution in [0.25, 0.3) is 11.4 Å². The lowest BCUT2D eigenvalue weighted by Crippen LogP contribution is -2.22. The van der Waals surface area contributed by atoms with Gasteiger partial charge in [0.25, 0.3) is 0 Å². The number of hydrogen-bond donors (Lipinski definition) is 0. The third kappa shape index (κ3) is 4.32. The van der Waals surface area contributed by atoms with Crippen LogP contribution in [-0.2, 0) is 11.5 Å². The summed E-state index contributed by atoms with van der Waals surface area (Å²) in [7, 11) is 4.65. The Morgan fingerprint density at radius 2 is 1.90 bits per heavy atom. The van der Waals surface area contributed by atoms with Crippen molar-refractivity contribution in [3.8, 4) is 11.4 Å². The molecule has 0 amide bonds. The van der Waals surface area contributed by atoms with Gasteiger partial charge in [-0.05, 0) is 6.04 Å².